The molecule has 0 bridgehead atoms. The Kier molecular flexibility index (Phi) is 5.28. The van der Waals surface area contributed by atoms with Crippen molar-refractivity contribution in [1.82, 2.24) is 5.32 Å². The van der Waals surface area contributed by atoms with Crippen LogP contribution in [0.25, 0.3) is 0 Å². The van der Waals surface area contributed by atoms with E-state index < -0.39 is 0 Å². The van der Waals surface area contributed by atoms with E-state index in [1.165, 1.54) is 5.56 Å². The summed E-state index contributed by atoms with van der Waals surface area (Å²) in [6.07, 6.45) is 6.41. The molecule has 1 aromatic carbocycles. The number of rotatable bonds is 6. The van der Waals surface area contributed by atoms with Crippen molar-refractivity contribution in [3.63, 3.8) is 0 Å². The van der Waals surface area contributed by atoms with Crippen LogP contribution in [0.15, 0.2) is 36.6 Å². The van der Waals surface area contributed by atoms with Gasteiger partial charge in [-0.05, 0) is 50.5 Å². The molecular formula is C16H23NO2. The molecule has 3 heteroatoms. The highest BCUT2D eigenvalue weighted by Crippen LogP contribution is 2.18. The fraction of sp³-hybridized carbons (Fsp3) is 0.500. The van der Waals surface area contributed by atoms with E-state index in [1.54, 1.807) is 0 Å². The predicted molar refractivity (Wildman–Crippen MR) is 77.3 cm³/mol. The van der Waals surface area contributed by atoms with E-state index in [9.17, 15) is 0 Å². The second-order valence-electron chi connectivity index (χ2n) is 4.84. The van der Waals surface area contributed by atoms with Gasteiger partial charge in [-0.1, -0.05) is 12.1 Å². The maximum absolute atomic E-state index is 5.55. The highest BCUT2D eigenvalue weighted by Gasteiger charge is 2.12. The number of benzene rings is 1. The van der Waals surface area contributed by atoms with Gasteiger partial charge < -0.3 is 14.8 Å². The second kappa shape index (κ2) is 7.19. The highest BCUT2D eigenvalue weighted by atomic mass is 16.5. The van der Waals surface area contributed by atoms with Gasteiger partial charge in [0.05, 0.1) is 12.9 Å². The Morgan fingerprint density at radius 3 is 2.79 bits per heavy atom. The van der Waals surface area contributed by atoms with E-state index in [4.69, 9.17) is 9.47 Å². The second-order valence-corrected chi connectivity index (χ2v) is 4.84. The molecule has 0 aliphatic carbocycles. The summed E-state index contributed by atoms with van der Waals surface area (Å²) in [6, 6.07) is 8.60. The van der Waals surface area contributed by atoms with Crippen molar-refractivity contribution in [2.75, 3.05) is 13.2 Å². The first kappa shape index (κ1) is 13.9. The molecule has 2 atom stereocenters. The van der Waals surface area contributed by atoms with E-state index in [2.05, 4.69) is 30.4 Å². The smallest absolute Gasteiger partial charge is 0.119 e. The lowest BCUT2D eigenvalue weighted by molar-refractivity contribution is 0.120. The van der Waals surface area contributed by atoms with Crippen molar-refractivity contribution in [1.29, 1.82) is 0 Å². The van der Waals surface area contributed by atoms with Gasteiger partial charge in [-0.3, -0.25) is 0 Å². The summed E-state index contributed by atoms with van der Waals surface area (Å²) in [5.41, 5.74) is 1.27. The maximum atomic E-state index is 5.55. The Bertz CT molecular complexity index is 400. The van der Waals surface area contributed by atoms with Crippen molar-refractivity contribution < 1.29 is 9.47 Å². The molecule has 1 aromatic rings. The molecule has 19 heavy (non-hydrogen) atoms. The molecule has 104 valence electrons. The van der Waals surface area contributed by atoms with Gasteiger partial charge in [0, 0.05) is 12.6 Å². The first-order chi connectivity index (χ1) is 9.29. The largest absolute Gasteiger partial charge is 0.497 e. The van der Waals surface area contributed by atoms with E-state index in [0.717, 1.165) is 25.1 Å². The van der Waals surface area contributed by atoms with Crippen LogP contribution in [0.3, 0.4) is 0 Å². The van der Waals surface area contributed by atoms with Gasteiger partial charge in [0.25, 0.3) is 0 Å². The minimum Gasteiger partial charge on any atom is -0.497 e. The van der Waals surface area contributed by atoms with E-state index >= 15 is 0 Å². The first-order valence-corrected chi connectivity index (χ1v) is 7.06. The Morgan fingerprint density at radius 1 is 1.37 bits per heavy atom. The molecule has 2 unspecified atom stereocenters. The van der Waals surface area contributed by atoms with E-state index in [0.29, 0.717) is 18.8 Å². The number of nitrogens with one attached hydrogen (secondary N) is 1. The van der Waals surface area contributed by atoms with Crippen molar-refractivity contribution in [2.24, 2.45) is 0 Å². The number of allylic oxidation sites excluding steroid dienone is 1. The zero-order valence-corrected chi connectivity index (χ0v) is 11.8. The van der Waals surface area contributed by atoms with Crippen molar-refractivity contribution in [3.05, 3.63) is 42.2 Å². The lowest BCUT2D eigenvalue weighted by Crippen LogP contribution is -2.31. The molecule has 0 radical (unpaired) electrons. The van der Waals surface area contributed by atoms with Crippen LogP contribution in [0.2, 0.25) is 0 Å². The predicted octanol–water partition coefficient (Wildman–Crippen LogP) is 3.43. The first-order valence-electron chi connectivity index (χ1n) is 7.06. The molecule has 3 nitrogen and oxygen atoms in total. The van der Waals surface area contributed by atoms with Gasteiger partial charge in [-0.25, -0.2) is 0 Å². The zero-order valence-electron chi connectivity index (χ0n) is 11.8. The summed E-state index contributed by atoms with van der Waals surface area (Å²) >= 11 is 0. The summed E-state index contributed by atoms with van der Waals surface area (Å²) < 4.78 is 11.0. The molecule has 2 rings (SSSR count). The summed E-state index contributed by atoms with van der Waals surface area (Å²) in [7, 11) is 0. The van der Waals surface area contributed by atoms with Gasteiger partial charge in [-0.2, -0.15) is 0 Å². The van der Waals surface area contributed by atoms with Crippen molar-refractivity contribution in [3.8, 4) is 5.75 Å². The molecule has 0 spiro atoms. The Labute approximate surface area is 115 Å². The lowest BCUT2D eigenvalue weighted by atomic mass is 10.1. The van der Waals surface area contributed by atoms with Gasteiger partial charge in [0.1, 0.15) is 11.9 Å². The molecule has 1 N–H and O–H groups in total. The van der Waals surface area contributed by atoms with Gasteiger partial charge in [0.15, 0.2) is 0 Å². The topological polar surface area (TPSA) is 30.5 Å². The highest BCUT2D eigenvalue weighted by molar-refractivity contribution is 5.28. The van der Waals surface area contributed by atoms with Crippen molar-refractivity contribution >= 4 is 0 Å². The van der Waals surface area contributed by atoms with Crippen LogP contribution in [0.1, 0.15) is 38.3 Å². The minimum atomic E-state index is 0.301. The SMILES string of the molecule is CCOc1ccc(C(C)NCC2CCC=CO2)cc1. The Morgan fingerprint density at radius 2 is 2.16 bits per heavy atom. The summed E-state index contributed by atoms with van der Waals surface area (Å²) in [5, 5.41) is 3.52. The third kappa shape index (κ3) is 4.28. The van der Waals surface area contributed by atoms with Crippen LogP contribution < -0.4 is 10.1 Å². The molecule has 1 heterocycles. The number of hydrogen-bond acceptors (Lipinski definition) is 3. The van der Waals surface area contributed by atoms with Gasteiger partial charge >= 0.3 is 0 Å². The zero-order chi connectivity index (χ0) is 13.5. The Hall–Kier alpha value is -1.48. The standard InChI is InChI=1S/C16H23NO2/c1-3-18-15-9-7-14(8-10-15)13(2)17-12-16-6-4-5-11-19-16/h5,7-11,13,16-17H,3-4,6,12H2,1-2H3. The fourth-order valence-electron chi connectivity index (χ4n) is 2.18. The number of hydrogen-bond donors (Lipinski definition) is 1. The summed E-state index contributed by atoms with van der Waals surface area (Å²) in [6.45, 7) is 5.77. The van der Waals surface area contributed by atoms with Gasteiger partial charge in [0.2, 0.25) is 0 Å². The summed E-state index contributed by atoms with van der Waals surface area (Å²) in [4.78, 5) is 0. The Balaban J connectivity index is 1.81. The van der Waals surface area contributed by atoms with Crippen LogP contribution >= 0.6 is 0 Å². The molecule has 0 amide bonds. The van der Waals surface area contributed by atoms with Crippen molar-refractivity contribution in [2.45, 2.75) is 38.8 Å². The van der Waals surface area contributed by atoms with Gasteiger partial charge in [-0.15, -0.1) is 0 Å². The average molecular weight is 261 g/mol. The molecule has 0 fully saturated rings. The third-order valence-corrected chi connectivity index (χ3v) is 3.37. The number of ether oxygens (including phenoxy) is 2. The molecule has 1 aliphatic heterocycles. The van der Waals surface area contributed by atoms with Crippen LogP contribution in [0.5, 0.6) is 5.75 Å². The lowest BCUT2D eigenvalue weighted by Gasteiger charge is -2.22. The fourth-order valence-corrected chi connectivity index (χ4v) is 2.18. The molecule has 0 aromatic heterocycles. The van der Waals surface area contributed by atoms with Crippen LogP contribution in [-0.2, 0) is 4.74 Å². The third-order valence-electron chi connectivity index (χ3n) is 3.37. The van der Waals surface area contributed by atoms with Crippen LogP contribution in [0, 0.1) is 0 Å². The summed E-state index contributed by atoms with van der Waals surface area (Å²) in [5.74, 6) is 0.930. The molecule has 0 saturated heterocycles. The van der Waals surface area contributed by atoms with Crippen LogP contribution in [0.4, 0.5) is 0 Å². The molecule has 0 saturated carbocycles. The quantitative estimate of drug-likeness (QED) is 0.851. The maximum Gasteiger partial charge on any atom is 0.119 e. The monoisotopic (exact) mass is 261 g/mol. The van der Waals surface area contributed by atoms with E-state index in [1.807, 2.05) is 25.3 Å². The van der Waals surface area contributed by atoms with E-state index in [-0.39, 0.29) is 0 Å². The molecular weight excluding hydrogens is 238 g/mol. The minimum absolute atomic E-state index is 0.301. The normalized spacial score (nSPS) is 19.8. The molecule has 1 aliphatic rings. The van der Waals surface area contributed by atoms with Crippen LogP contribution in [-0.4, -0.2) is 19.3 Å². The average Bonchev–Trinajstić information content (AvgIpc) is 2.47.